The number of pyridine rings is 1. The third-order valence-corrected chi connectivity index (χ3v) is 5.55. The molecule has 0 atom stereocenters. The summed E-state index contributed by atoms with van der Waals surface area (Å²) in [5, 5.41) is 2.54. The molecule has 0 spiro atoms. The molecule has 1 aromatic carbocycles. The zero-order valence-corrected chi connectivity index (χ0v) is 15.5. The van der Waals surface area contributed by atoms with Crippen LogP contribution >= 0.6 is 0 Å². The van der Waals surface area contributed by atoms with E-state index in [1.165, 1.54) is 27.5 Å². The fraction of sp³-hybridized carbons (Fsp3) is 0.450. The first-order chi connectivity index (χ1) is 12.1. The van der Waals surface area contributed by atoms with Gasteiger partial charge in [0.1, 0.15) is 5.75 Å². The maximum absolute atomic E-state index is 5.76. The van der Waals surface area contributed by atoms with Crippen LogP contribution in [0.2, 0.25) is 0 Å². The van der Waals surface area contributed by atoms with Gasteiger partial charge in [-0.3, -0.25) is 4.98 Å². The highest BCUT2D eigenvalue weighted by molar-refractivity contribution is 6.10. The van der Waals surface area contributed by atoms with Gasteiger partial charge in [0.2, 0.25) is 0 Å². The number of rotatable bonds is 3. The predicted molar refractivity (Wildman–Crippen MR) is 104 cm³/mol. The van der Waals surface area contributed by atoms with Gasteiger partial charge in [0, 0.05) is 56.3 Å². The van der Waals surface area contributed by atoms with Crippen LogP contribution in [0.15, 0.2) is 24.4 Å². The molecule has 3 aromatic rings. The first kappa shape index (κ1) is 16.2. The van der Waals surface area contributed by atoms with Crippen molar-refractivity contribution in [2.75, 3.05) is 44.7 Å². The summed E-state index contributed by atoms with van der Waals surface area (Å²) in [5.74, 6) is 0.953. The van der Waals surface area contributed by atoms with Gasteiger partial charge in [-0.2, -0.15) is 0 Å². The third-order valence-electron chi connectivity index (χ3n) is 5.55. The second kappa shape index (κ2) is 6.23. The number of fused-ring (bicyclic) bond motifs is 3. The predicted octanol–water partition coefficient (Wildman–Crippen LogP) is 3.19. The number of benzene rings is 1. The van der Waals surface area contributed by atoms with E-state index in [-0.39, 0.29) is 0 Å². The highest BCUT2D eigenvalue weighted by Gasteiger charge is 2.21. The van der Waals surface area contributed by atoms with Crippen molar-refractivity contribution in [3.63, 3.8) is 0 Å². The van der Waals surface area contributed by atoms with Gasteiger partial charge >= 0.3 is 0 Å². The van der Waals surface area contributed by atoms with Gasteiger partial charge in [-0.05, 0) is 25.6 Å². The van der Waals surface area contributed by atoms with Crippen molar-refractivity contribution in [3.8, 4) is 5.75 Å². The molecule has 5 heteroatoms. The molecule has 0 aliphatic carbocycles. The summed E-state index contributed by atoms with van der Waals surface area (Å²) in [4.78, 5) is 9.42. The van der Waals surface area contributed by atoms with Crippen LogP contribution in [0.4, 0.5) is 5.69 Å². The molecule has 1 aliphatic heterocycles. The lowest BCUT2D eigenvalue weighted by Crippen LogP contribution is -2.46. The van der Waals surface area contributed by atoms with Crippen molar-refractivity contribution in [3.05, 3.63) is 30.1 Å². The molecule has 2 aromatic heterocycles. The van der Waals surface area contributed by atoms with Crippen molar-refractivity contribution in [1.29, 1.82) is 0 Å². The molecule has 0 bridgehead atoms. The Bertz CT molecular complexity index is 922. The van der Waals surface area contributed by atoms with E-state index in [4.69, 9.17) is 4.74 Å². The second-order valence-corrected chi connectivity index (χ2v) is 6.81. The third kappa shape index (κ3) is 2.54. The summed E-state index contributed by atoms with van der Waals surface area (Å²) in [6.07, 6.45) is 1.90. The van der Waals surface area contributed by atoms with Gasteiger partial charge in [-0.15, -0.1) is 0 Å². The minimum atomic E-state index is 0.953. The smallest absolute Gasteiger partial charge is 0.144 e. The molecule has 4 rings (SSSR count). The molecule has 25 heavy (non-hydrogen) atoms. The monoisotopic (exact) mass is 338 g/mol. The number of nitrogens with zero attached hydrogens (tertiary/aromatic N) is 4. The highest BCUT2D eigenvalue weighted by atomic mass is 16.5. The number of anilines is 1. The maximum atomic E-state index is 5.76. The summed E-state index contributed by atoms with van der Waals surface area (Å²) in [5.41, 5.74) is 4.66. The largest absolute Gasteiger partial charge is 0.495 e. The number of aromatic nitrogens is 2. The van der Waals surface area contributed by atoms with E-state index < -0.39 is 0 Å². The minimum Gasteiger partial charge on any atom is -0.495 e. The summed E-state index contributed by atoms with van der Waals surface area (Å²) in [7, 11) is 3.88. The average Bonchev–Trinajstić information content (AvgIpc) is 2.94. The summed E-state index contributed by atoms with van der Waals surface area (Å²) in [6.45, 7) is 9.73. The van der Waals surface area contributed by atoms with Crippen LogP contribution in [-0.4, -0.2) is 54.3 Å². The Kier molecular flexibility index (Phi) is 4.04. The number of piperazine rings is 1. The maximum Gasteiger partial charge on any atom is 0.144 e. The molecule has 1 fully saturated rings. The Hall–Kier alpha value is -2.27. The lowest BCUT2D eigenvalue weighted by Gasteiger charge is -2.36. The molecular formula is C20H26N4O. The van der Waals surface area contributed by atoms with Crippen LogP contribution in [0.1, 0.15) is 12.6 Å². The molecule has 5 nitrogen and oxygen atoms in total. The molecule has 3 heterocycles. The fourth-order valence-corrected chi connectivity index (χ4v) is 4.09. The molecular weight excluding hydrogens is 312 g/mol. The van der Waals surface area contributed by atoms with E-state index in [1.807, 2.05) is 6.20 Å². The van der Waals surface area contributed by atoms with Crippen LogP contribution in [0, 0.1) is 6.92 Å². The van der Waals surface area contributed by atoms with E-state index in [1.54, 1.807) is 7.11 Å². The Labute approximate surface area is 148 Å². The number of ether oxygens (including phenoxy) is 1. The lowest BCUT2D eigenvalue weighted by molar-refractivity contribution is 0.270. The van der Waals surface area contributed by atoms with E-state index in [0.717, 1.165) is 44.2 Å². The normalized spacial score (nSPS) is 16.1. The molecule has 1 aliphatic rings. The van der Waals surface area contributed by atoms with Crippen LogP contribution in [-0.2, 0) is 7.05 Å². The van der Waals surface area contributed by atoms with E-state index in [0.29, 0.717) is 0 Å². The van der Waals surface area contributed by atoms with Crippen LogP contribution < -0.4 is 9.64 Å². The Balaban J connectivity index is 1.88. The molecule has 132 valence electrons. The Morgan fingerprint density at radius 1 is 1.12 bits per heavy atom. The van der Waals surface area contributed by atoms with Gasteiger partial charge in [-0.1, -0.05) is 6.92 Å². The molecule has 0 amide bonds. The van der Waals surface area contributed by atoms with E-state index in [2.05, 4.69) is 58.4 Å². The molecule has 0 N–H and O–H groups in total. The molecule has 0 radical (unpaired) electrons. The van der Waals surface area contributed by atoms with E-state index in [9.17, 15) is 0 Å². The van der Waals surface area contributed by atoms with Crippen molar-refractivity contribution in [2.45, 2.75) is 13.8 Å². The number of likely N-dealkylation sites (N-methyl/N-ethyl adjacent to an activating group) is 1. The lowest BCUT2D eigenvalue weighted by atomic mass is 10.1. The number of hydrogen-bond acceptors (Lipinski definition) is 4. The molecule has 1 saturated heterocycles. The summed E-state index contributed by atoms with van der Waals surface area (Å²) < 4.78 is 7.99. The average molecular weight is 338 g/mol. The van der Waals surface area contributed by atoms with Gasteiger partial charge < -0.3 is 19.1 Å². The van der Waals surface area contributed by atoms with Crippen LogP contribution in [0.5, 0.6) is 5.75 Å². The van der Waals surface area contributed by atoms with Crippen molar-refractivity contribution in [2.24, 2.45) is 7.05 Å². The van der Waals surface area contributed by atoms with E-state index >= 15 is 0 Å². The highest BCUT2D eigenvalue weighted by Crippen LogP contribution is 2.38. The van der Waals surface area contributed by atoms with Gasteiger partial charge in [-0.25, -0.2) is 0 Å². The minimum absolute atomic E-state index is 0.953. The summed E-state index contributed by atoms with van der Waals surface area (Å²) >= 11 is 0. The van der Waals surface area contributed by atoms with Gasteiger partial charge in [0.25, 0.3) is 0 Å². The van der Waals surface area contributed by atoms with Gasteiger partial charge in [0.15, 0.2) is 0 Å². The molecule has 0 unspecified atom stereocenters. The van der Waals surface area contributed by atoms with Crippen LogP contribution in [0.3, 0.4) is 0 Å². The first-order valence-electron chi connectivity index (χ1n) is 9.03. The SMILES string of the molecule is CCN1CCN(c2cc3c4ccnc(C)c4n(C)c3cc2OC)CC1. The number of methoxy groups -OCH3 is 1. The van der Waals surface area contributed by atoms with Crippen molar-refractivity contribution >= 4 is 27.5 Å². The number of hydrogen-bond donors (Lipinski definition) is 0. The quantitative estimate of drug-likeness (QED) is 0.734. The molecule has 0 saturated carbocycles. The fourth-order valence-electron chi connectivity index (χ4n) is 4.09. The van der Waals surface area contributed by atoms with Crippen molar-refractivity contribution < 1.29 is 4.74 Å². The zero-order valence-electron chi connectivity index (χ0n) is 15.5. The second-order valence-electron chi connectivity index (χ2n) is 6.81. The Morgan fingerprint density at radius 3 is 2.56 bits per heavy atom. The van der Waals surface area contributed by atoms with Gasteiger partial charge in [0.05, 0.1) is 29.5 Å². The zero-order chi connectivity index (χ0) is 17.6. The Morgan fingerprint density at radius 2 is 1.88 bits per heavy atom. The number of aryl methyl sites for hydroxylation is 2. The summed E-state index contributed by atoms with van der Waals surface area (Å²) in [6, 6.07) is 6.60. The standard InChI is InChI=1S/C20H26N4O/c1-5-23-8-10-24(11-9-23)18-12-16-15-6-7-21-14(2)20(15)22(3)17(16)13-19(18)25-4/h6-7,12-13H,5,8-11H2,1-4H3. The van der Waals surface area contributed by atoms with Crippen molar-refractivity contribution in [1.82, 2.24) is 14.5 Å². The van der Waals surface area contributed by atoms with Crippen LogP contribution in [0.25, 0.3) is 21.8 Å². The topological polar surface area (TPSA) is 33.5 Å². The first-order valence-corrected chi connectivity index (χ1v) is 9.03.